The molecule has 0 radical (unpaired) electrons. The molecule has 0 spiro atoms. The normalized spacial score (nSPS) is 25.1. The fourth-order valence-electron chi connectivity index (χ4n) is 2.01. The van der Waals surface area contributed by atoms with E-state index in [1.54, 1.807) is 6.20 Å². The number of nitrogens with zero attached hydrogens (tertiary/aromatic N) is 1. The highest BCUT2D eigenvalue weighted by atomic mass is 16.5. The van der Waals surface area contributed by atoms with Crippen molar-refractivity contribution >= 4 is 5.91 Å². The molecule has 2 rings (SSSR count). The van der Waals surface area contributed by atoms with E-state index in [0.717, 1.165) is 12.2 Å². The van der Waals surface area contributed by atoms with Crippen LogP contribution >= 0.6 is 0 Å². The summed E-state index contributed by atoms with van der Waals surface area (Å²) in [4.78, 5) is 16.0. The van der Waals surface area contributed by atoms with Crippen molar-refractivity contribution in [2.75, 3.05) is 6.54 Å². The van der Waals surface area contributed by atoms with Gasteiger partial charge in [0, 0.05) is 6.54 Å². The third-order valence-corrected chi connectivity index (χ3v) is 3.03. The van der Waals surface area contributed by atoms with Gasteiger partial charge in [0.05, 0.1) is 12.3 Å². The number of nitrogens with two attached hydrogens (primary N) is 1. The van der Waals surface area contributed by atoms with E-state index in [1.165, 1.54) is 0 Å². The molecule has 1 aliphatic heterocycles. The van der Waals surface area contributed by atoms with Crippen LogP contribution in [-0.4, -0.2) is 29.6 Å². The summed E-state index contributed by atoms with van der Waals surface area (Å²) in [6.45, 7) is 4.10. The second-order valence-electron chi connectivity index (χ2n) is 4.60. The molecule has 0 bridgehead atoms. The van der Waals surface area contributed by atoms with Crippen LogP contribution in [-0.2, 0) is 9.53 Å². The summed E-state index contributed by atoms with van der Waals surface area (Å²) in [5.74, 6) is 1.11. The summed E-state index contributed by atoms with van der Waals surface area (Å²) in [6.07, 6.45) is 2.78. The third kappa shape index (κ3) is 2.88. The Morgan fingerprint density at radius 3 is 3.00 bits per heavy atom. The monoisotopic (exact) mass is 253 g/mol. The minimum atomic E-state index is -0.406. The van der Waals surface area contributed by atoms with Crippen molar-refractivity contribution < 1.29 is 13.9 Å². The van der Waals surface area contributed by atoms with Crippen molar-refractivity contribution in [2.24, 2.45) is 5.73 Å². The van der Waals surface area contributed by atoms with Crippen molar-refractivity contribution in [1.29, 1.82) is 0 Å². The topological polar surface area (TPSA) is 90.4 Å². The smallest absolute Gasteiger partial charge is 0.249 e. The molecule has 0 saturated carbocycles. The van der Waals surface area contributed by atoms with Crippen LogP contribution in [0.5, 0.6) is 0 Å². The van der Waals surface area contributed by atoms with Crippen LogP contribution in [0.1, 0.15) is 37.5 Å². The first-order valence-electron chi connectivity index (χ1n) is 6.18. The molecule has 100 valence electrons. The molecule has 1 saturated heterocycles. The van der Waals surface area contributed by atoms with E-state index in [0.29, 0.717) is 18.9 Å². The number of aromatic nitrogens is 1. The third-order valence-electron chi connectivity index (χ3n) is 3.03. The zero-order valence-corrected chi connectivity index (χ0v) is 10.7. The molecule has 2 heterocycles. The summed E-state index contributed by atoms with van der Waals surface area (Å²) in [7, 11) is 0. The molecule has 3 atom stereocenters. The molecule has 3 unspecified atom stereocenters. The number of nitrogens with one attached hydrogen (secondary N) is 1. The predicted molar refractivity (Wildman–Crippen MR) is 64.7 cm³/mol. The number of aryl methyl sites for hydroxylation is 1. The lowest BCUT2D eigenvalue weighted by Gasteiger charge is -2.15. The average Bonchev–Trinajstić information content (AvgIpc) is 2.97. The molecule has 1 aliphatic rings. The van der Waals surface area contributed by atoms with Gasteiger partial charge in [-0.2, -0.15) is 0 Å². The fourth-order valence-corrected chi connectivity index (χ4v) is 2.01. The number of ether oxygens (including phenoxy) is 1. The number of hydrogen-bond donors (Lipinski definition) is 2. The van der Waals surface area contributed by atoms with Crippen molar-refractivity contribution in [3.63, 3.8) is 0 Å². The van der Waals surface area contributed by atoms with Gasteiger partial charge in [-0.1, -0.05) is 0 Å². The molecular weight excluding hydrogens is 234 g/mol. The second kappa shape index (κ2) is 5.49. The molecule has 1 aromatic rings. The van der Waals surface area contributed by atoms with E-state index < -0.39 is 6.10 Å². The molecule has 6 heteroatoms. The summed E-state index contributed by atoms with van der Waals surface area (Å²) in [6, 6.07) is -0.258. The minimum Gasteiger partial charge on any atom is -0.444 e. The van der Waals surface area contributed by atoms with E-state index in [4.69, 9.17) is 14.9 Å². The van der Waals surface area contributed by atoms with Gasteiger partial charge in [0.2, 0.25) is 11.8 Å². The first-order chi connectivity index (χ1) is 8.60. The average molecular weight is 253 g/mol. The van der Waals surface area contributed by atoms with Crippen molar-refractivity contribution in [2.45, 2.75) is 44.9 Å². The molecule has 1 amide bonds. The summed E-state index contributed by atoms with van der Waals surface area (Å²) in [5, 5.41) is 2.84. The van der Waals surface area contributed by atoms with Gasteiger partial charge in [-0.25, -0.2) is 4.98 Å². The van der Waals surface area contributed by atoms with Gasteiger partial charge in [-0.05, 0) is 26.7 Å². The Morgan fingerprint density at radius 2 is 2.44 bits per heavy atom. The molecular formula is C12H19N3O3. The highest BCUT2D eigenvalue weighted by Crippen LogP contribution is 2.20. The van der Waals surface area contributed by atoms with E-state index in [9.17, 15) is 4.79 Å². The molecule has 18 heavy (non-hydrogen) atoms. The van der Waals surface area contributed by atoms with Gasteiger partial charge in [-0.3, -0.25) is 4.79 Å². The van der Waals surface area contributed by atoms with E-state index in [-0.39, 0.29) is 18.1 Å². The highest BCUT2D eigenvalue weighted by Gasteiger charge is 2.31. The summed E-state index contributed by atoms with van der Waals surface area (Å²) in [5.41, 5.74) is 5.51. The zero-order chi connectivity index (χ0) is 13.1. The maximum absolute atomic E-state index is 12.0. The van der Waals surface area contributed by atoms with Crippen LogP contribution in [0.3, 0.4) is 0 Å². The Labute approximate surface area is 106 Å². The lowest BCUT2D eigenvalue weighted by molar-refractivity contribution is -0.132. The van der Waals surface area contributed by atoms with Gasteiger partial charge >= 0.3 is 0 Å². The van der Waals surface area contributed by atoms with E-state index >= 15 is 0 Å². The van der Waals surface area contributed by atoms with E-state index in [2.05, 4.69) is 10.3 Å². The molecule has 0 aromatic carbocycles. The summed E-state index contributed by atoms with van der Waals surface area (Å²) < 4.78 is 10.9. The van der Waals surface area contributed by atoms with Gasteiger partial charge < -0.3 is 20.2 Å². The van der Waals surface area contributed by atoms with Crippen LogP contribution in [0.2, 0.25) is 0 Å². The maximum atomic E-state index is 12.0. The summed E-state index contributed by atoms with van der Waals surface area (Å²) >= 11 is 0. The van der Waals surface area contributed by atoms with E-state index in [1.807, 2.05) is 13.8 Å². The van der Waals surface area contributed by atoms with Gasteiger partial charge in [0.1, 0.15) is 17.9 Å². The van der Waals surface area contributed by atoms with Crippen molar-refractivity contribution in [3.8, 4) is 0 Å². The molecule has 1 aromatic heterocycles. The Bertz CT molecular complexity index is 418. The Balaban J connectivity index is 1.88. The number of carbonyl (C=O) groups excluding carboxylic acids is 1. The van der Waals surface area contributed by atoms with Crippen LogP contribution < -0.4 is 11.1 Å². The quantitative estimate of drug-likeness (QED) is 0.823. The molecule has 3 N–H and O–H groups in total. The van der Waals surface area contributed by atoms with Gasteiger partial charge in [0.25, 0.3) is 0 Å². The predicted octanol–water partition coefficient (Wildman–Crippen LogP) is 0.667. The Morgan fingerprint density at radius 1 is 1.67 bits per heavy atom. The molecule has 1 fully saturated rings. The Kier molecular flexibility index (Phi) is 3.98. The van der Waals surface area contributed by atoms with Crippen molar-refractivity contribution in [3.05, 3.63) is 17.8 Å². The van der Waals surface area contributed by atoms with Gasteiger partial charge in [0.15, 0.2) is 0 Å². The fraction of sp³-hybridized carbons (Fsp3) is 0.667. The lowest BCUT2D eigenvalue weighted by atomic mass is 10.2. The zero-order valence-electron chi connectivity index (χ0n) is 10.7. The largest absolute Gasteiger partial charge is 0.444 e. The number of amides is 1. The highest BCUT2D eigenvalue weighted by molar-refractivity contribution is 5.81. The van der Waals surface area contributed by atoms with Crippen molar-refractivity contribution in [1.82, 2.24) is 10.3 Å². The van der Waals surface area contributed by atoms with Crippen LogP contribution in [0.4, 0.5) is 0 Å². The lowest BCUT2D eigenvalue weighted by Crippen LogP contribution is -2.37. The SMILES string of the molecule is Cc1cnc(C(C)NC(=O)C2CCC(CN)O2)o1. The molecule has 0 aliphatic carbocycles. The number of oxazole rings is 1. The standard InChI is InChI=1S/C12H19N3O3/c1-7-6-14-12(17-7)8(2)15-11(16)10-4-3-9(5-13)18-10/h6,8-10H,3-5,13H2,1-2H3,(H,15,16). The van der Waals surface area contributed by atoms with Crippen LogP contribution in [0.25, 0.3) is 0 Å². The number of carbonyl (C=O) groups is 1. The van der Waals surface area contributed by atoms with Gasteiger partial charge in [-0.15, -0.1) is 0 Å². The maximum Gasteiger partial charge on any atom is 0.249 e. The van der Waals surface area contributed by atoms with Crippen LogP contribution in [0, 0.1) is 6.92 Å². The second-order valence-corrected chi connectivity index (χ2v) is 4.60. The first-order valence-corrected chi connectivity index (χ1v) is 6.18. The Hall–Kier alpha value is -1.40. The number of rotatable bonds is 4. The first kappa shape index (κ1) is 13.0. The molecule has 6 nitrogen and oxygen atoms in total. The minimum absolute atomic E-state index is 0.0000355. The van der Waals surface area contributed by atoms with Crippen LogP contribution in [0.15, 0.2) is 10.6 Å². The number of hydrogen-bond acceptors (Lipinski definition) is 5.